The second-order valence-electron chi connectivity index (χ2n) is 10.5. The molecule has 3 aromatic carbocycles. The third-order valence-corrected chi connectivity index (χ3v) is 7.87. The molecule has 0 aliphatic rings. The van der Waals surface area contributed by atoms with Crippen LogP contribution < -0.4 is 9.62 Å². The zero-order valence-electron chi connectivity index (χ0n) is 23.6. The highest BCUT2D eigenvalue weighted by atomic mass is 32.2. The van der Waals surface area contributed by atoms with Crippen LogP contribution in [-0.2, 0) is 10.0 Å². The van der Waals surface area contributed by atoms with Crippen molar-refractivity contribution in [1.82, 2.24) is 5.32 Å². The van der Waals surface area contributed by atoms with Gasteiger partial charge in [-0.05, 0) is 61.9 Å². The molecule has 0 unspecified atom stereocenters. The first-order chi connectivity index (χ1) is 19.8. The molecule has 42 heavy (non-hydrogen) atoms. The Balaban J connectivity index is 2.03. The molecule has 222 valence electrons. The van der Waals surface area contributed by atoms with E-state index in [0.29, 0.717) is 16.5 Å². The predicted octanol–water partition coefficient (Wildman–Crippen LogP) is 6.71. The predicted molar refractivity (Wildman–Crippen MR) is 157 cm³/mol. The van der Waals surface area contributed by atoms with Gasteiger partial charge in [-0.15, -0.1) is 0 Å². The summed E-state index contributed by atoms with van der Waals surface area (Å²) in [7, 11) is -3.99. The number of alkyl halides is 2. The molecular weight excluding hydrogens is 569 g/mol. The van der Waals surface area contributed by atoms with E-state index < -0.39 is 47.2 Å². The van der Waals surface area contributed by atoms with E-state index in [4.69, 9.17) is 4.42 Å². The summed E-state index contributed by atoms with van der Waals surface area (Å²) in [5.74, 6) is -1.11. The van der Waals surface area contributed by atoms with Gasteiger partial charge in [-0.25, -0.2) is 21.6 Å². The first-order valence-corrected chi connectivity index (χ1v) is 15.1. The largest absolute Gasteiger partial charge is 0.455 e. The topological polar surface area (TPSA) is 96.7 Å². The summed E-state index contributed by atoms with van der Waals surface area (Å²) >= 11 is 0. The van der Waals surface area contributed by atoms with Crippen molar-refractivity contribution >= 4 is 38.4 Å². The summed E-state index contributed by atoms with van der Waals surface area (Å²) in [4.78, 5) is 26.2. The van der Waals surface area contributed by atoms with E-state index in [9.17, 15) is 31.2 Å². The normalized spacial score (nSPS) is 12.0. The standard InChI is InChI=1S/C31H31F3N2O5S/c1-5-26(37)28-24-16-23(20-7-6-8-21(15-20)30(38)35-31(2,3)18-33)25(36(14-13-32)42(4,39)40)17-27(24)41-29(28)19-9-11-22(34)12-10-19/h6-12,15-17H,5,13-14,18H2,1-4H3,(H,35,38). The molecular formula is C31H31F3N2O5S. The van der Waals surface area contributed by atoms with Crippen LogP contribution in [0.3, 0.4) is 0 Å². The van der Waals surface area contributed by atoms with Gasteiger partial charge in [0.15, 0.2) is 5.78 Å². The molecule has 1 heterocycles. The minimum absolute atomic E-state index is 0.0687. The molecule has 0 aliphatic heterocycles. The van der Waals surface area contributed by atoms with Gasteiger partial charge in [0.2, 0.25) is 10.0 Å². The number of sulfonamides is 1. The van der Waals surface area contributed by atoms with E-state index in [1.54, 1.807) is 25.1 Å². The Morgan fingerprint density at radius 2 is 1.69 bits per heavy atom. The van der Waals surface area contributed by atoms with E-state index >= 15 is 0 Å². The molecule has 0 spiro atoms. The number of nitrogens with zero attached hydrogens (tertiary/aromatic N) is 1. The number of nitrogens with one attached hydrogen (secondary N) is 1. The molecule has 4 rings (SSSR count). The average molecular weight is 601 g/mol. The van der Waals surface area contributed by atoms with Crippen molar-refractivity contribution in [2.75, 3.05) is 30.5 Å². The van der Waals surface area contributed by atoms with Crippen LogP contribution in [0, 0.1) is 5.82 Å². The van der Waals surface area contributed by atoms with E-state index in [2.05, 4.69) is 5.32 Å². The second-order valence-corrected chi connectivity index (χ2v) is 12.4. The fourth-order valence-corrected chi connectivity index (χ4v) is 5.52. The number of benzene rings is 3. The number of anilines is 1. The van der Waals surface area contributed by atoms with Crippen LogP contribution in [-0.4, -0.2) is 51.8 Å². The van der Waals surface area contributed by atoms with Gasteiger partial charge in [0.05, 0.1) is 29.6 Å². The number of hydrogen-bond acceptors (Lipinski definition) is 5. The minimum atomic E-state index is -3.99. The molecule has 0 bridgehead atoms. The number of Topliss-reactive ketones (excluding diaryl/α,β-unsaturated/α-hetero) is 1. The molecule has 1 N–H and O–H groups in total. The highest BCUT2D eigenvalue weighted by molar-refractivity contribution is 7.92. The number of carbonyl (C=O) groups excluding carboxylic acids is 2. The highest BCUT2D eigenvalue weighted by Gasteiger charge is 2.28. The molecule has 11 heteroatoms. The molecule has 1 amide bonds. The molecule has 0 saturated carbocycles. The molecule has 0 saturated heterocycles. The maximum absolute atomic E-state index is 13.7. The zero-order chi connectivity index (χ0) is 30.8. The fourth-order valence-electron chi connectivity index (χ4n) is 4.61. The van der Waals surface area contributed by atoms with Crippen LogP contribution >= 0.6 is 0 Å². The zero-order valence-corrected chi connectivity index (χ0v) is 24.4. The summed E-state index contributed by atoms with van der Waals surface area (Å²) in [5, 5.41) is 2.98. The molecule has 4 aromatic rings. The lowest BCUT2D eigenvalue weighted by Gasteiger charge is -2.25. The van der Waals surface area contributed by atoms with E-state index in [0.717, 1.165) is 10.6 Å². The maximum atomic E-state index is 13.7. The minimum Gasteiger partial charge on any atom is -0.455 e. The lowest BCUT2D eigenvalue weighted by Crippen LogP contribution is -2.45. The molecule has 0 radical (unpaired) electrons. The summed E-state index contributed by atoms with van der Waals surface area (Å²) in [6.07, 6.45) is 1.06. The van der Waals surface area contributed by atoms with Gasteiger partial charge in [-0.2, -0.15) is 0 Å². The van der Waals surface area contributed by atoms with Gasteiger partial charge in [0.25, 0.3) is 5.91 Å². The number of rotatable bonds is 11. The lowest BCUT2D eigenvalue weighted by atomic mass is 9.95. The number of hydrogen-bond donors (Lipinski definition) is 1. The van der Waals surface area contributed by atoms with Gasteiger partial charge in [0.1, 0.15) is 30.5 Å². The van der Waals surface area contributed by atoms with Gasteiger partial charge < -0.3 is 9.73 Å². The summed E-state index contributed by atoms with van der Waals surface area (Å²) in [5.41, 5.74) is 0.638. The number of carbonyl (C=O) groups is 2. The molecule has 0 fully saturated rings. The number of furan rings is 1. The highest BCUT2D eigenvalue weighted by Crippen LogP contribution is 2.42. The van der Waals surface area contributed by atoms with Crippen LogP contribution in [0.4, 0.5) is 18.9 Å². The molecule has 7 nitrogen and oxygen atoms in total. The summed E-state index contributed by atoms with van der Waals surface area (Å²) in [6, 6.07) is 14.6. The number of amides is 1. The Bertz CT molecular complexity index is 1750. The van der Waals surface area contributed by atoms with Crippen molar-refractivity contribution in [2.45, 2.75) is 32.7 Å². The third-order valence-electron chi connectivity index (χ3n) is 6.69. The average Bonchev–Trinajstić information content (AvgIpc) is 3.33. The first kappa shape index (κ1) is 30.8. The van der Waals surface area contributed by atoms with Gasteiger partial charge in [0, 0.05) is 34.6 Å². The quantitative estimate of drug-likeness (QED) is 0.193. The monoisotopic (exact) mass is 600 g/mol. The Hall–Kier alpha value is -4.12. The number of halogens is 3. The van der Waals surface area contributed by atoms with Crippen LogP contribution in [0.25, 0.3) is 33.4 Å². The maximum Gasteiger partial charge on any atom is 0.251 e. The molecule has 0 atom stereocenters. The van der Waals surface area contributed by atoms with Gasteiger partial charge in [-0.1, -0.05) is 19.1 Å². The summed E-state index contributed by atoms with van der Waals surface area (Å²) < 4.78 is 73.3. The van der Waals surface area contributed by atoms with Gasteiger partial charge in [-0.3, -0.25) is 13.9 Å². The van der Waals surface area contributed by atoms with Crippen molar-refractivity contribution < 1.29 is 35.6 Å². The molecule has 0 aliphatic carbocycles. The Kier molecular flexibility index (Phi) is 8.81. The lowest BCUT2D eigenvalue weighted by molar-refractivity contribution is 0.0898. The second kappa shape index (κ2) is 12.0. The third kappa shape index (κ3) is 6.35. The van der Waals surface area contributed by atoms with Crippen LogP contribution in [0.1, 0.15) is 47.9 Å². The molecule has 1 aromatic heterocycles. The van der Waals surface area contributed by atoms with Crippen molar-refractivity contribution in [2.24, 2.45) is 0 Å². The first-order valence-electron chi connectivity index (χ1n) is 13.2. The Morgan fingerprint density at radius 1 is 1.00 bits per heavy atom. The Labute approximate surface area is 242 Å². The van der Waals surface area contributed by atoms with Crippen molar-refractivity contribution in [3.63, 3.8) is 0 Å². The Morgan fingerprint density at radius 3 is 2.29 bits per heavy atom. The van der Waals surface area contributed by atoms with Crippen molar-refractivity contribution in [3.05, 3.63) is 77.6 Å². The number of ketones is 1. The van der Waals surface area contributed by atoms with Gasteiger partial charge >= 0.3 is 0 Å². The SMILES string of the molecule is CCC(=O)c1c(-c2ccc(F)cc2)oc2cc(N(CCF)S(C)(=O)=O)c(-c3cccc(C(=O)NC(C)(C)CF)c3)cc12. The van der Waals surface area contributed by atoms with Crippen LogP contribution in [0.15, 0.2) is 65.1 Å². The van der Waals surface area contributed by atoms with Crippen molar-refractivity contribution in [1.29, 1.82) is 0 Å². The number of fused-ring (bicyclic) bond motifs is 1. The van der Waals surface area contributed by atoms with E-state index in [1.807, 2.05) is 0 Å². The smallest absolute Gasteiger partial charge is 0.251 e. The van der Waals surface area contributed by atoms with Crippen LogP contribution in [0.5, 0.6) is 0 Å². The fraction of sp³-hybridized carbons (Fsp3) is 0.290. The summed E-state index contributed by atoms with van der Waals surface area (Å²) in [6.45, 7) is 2.48. The van der Waals surface area contributed by atoms with Crippen molar-refractivity contribution in [3.8, 4) is 22.5 Å². The van der Waals surface area contributed by atoms with E-state index in [1.165, 1.54) is 56.3 Å². The van der Waals surface area contributed by atoms with Crippen LogP contribution in [0.2, 0.25) is 0 Å². The van der Waals surface area contributed by atoms with E-state index in [-0.39, 0.29) is 45.9 Å².